The molecule has 1 atom stereocenters. The van der Waals surface area contributed by atoms with Crippen molar-refractivity contribution in [1.29, 1.82) is 0 Å². The highest BCUT2D eigenvalue weighted by molar-refractivity contribution is 5.96. The predicted molar refractivity (Wildman–Crippen MR) is 167 cm³/mol. The highest BCUT2D eigenvalue weighted by Crippen LogP contribution is 2.31. The van der Waals surface area contributed by atoms with Crippen molar-refractivity contribution in [2.24, 2.45) is 22.2 Å². The maximum atomic E-state index is 14.8. The smallest absolute Gasteiger partial charge is 0.251 e. The number of guanidine groups is 1. The molecule has 0 aliphatic rings. The fourth-order valence-electron chi connectivity index (χ4n) is 4.61. The minimum Gasteiger partial charge on any atom is -0.494 e. The van der Waals surface area contributed by atoms with Gasteiger partial charge in [-0.25, -0.2) is 14.4 Å². The summed E-state index contributed by atoms with van der Waals surface area (Å²) >= 11 is 0. The van der Waals surface area contributed by atoms with Crippen LogP contribution < -0.4 is 37.9 Å². The van der Waals surface area contributed by atoms with Crippen molar-refractivity contribution in [3.05, 3.63) is 71.7 Å². The van der Waals surface area contributed by atoms with E-state index in [1.165, 1.54) is 31.6 Å². The van der Waals surface area contributed by atoms with Crippen LogP contribution in [0.25, 0.3) is 16.9 Å². The molecule has 0 saturated heterocycles. The number of amides is 2. The van der Waals surface area contributed by atoms with Gasteiger partial charge >= 0.3 is 0 Å². The molecule has 2 amide bonds. The summed E-state index contributed by atoms with van der Waals surface area (Å²) in [6.07, 6.45) is 5.96. The predicted octanol–water partition coefficient (Wildman–Crippen LogP) is 2.22. The van der Waals surface area contributed by atoms with Gasteiger partial charge < -0.3 is 37.9 Å². The number of nitrogens with zero attached hydrogens (tertiary/aromatic N) is 4. The molecule has 0 saturated carbocycles. The van der Waals surface area contributed by atoms with Crippen molar-refractivity contribution in [2.75, 3.05) is 32.1 Å². The molecule has 0 bridgehead atoms. The standard InChI is InChI=1S/C30H36F2N10O3/c1-3-17-15-18(5-6-19(17)28(43)37-10-4-11-38-29(44)21(33)9-12-39-30(34)35)41-26-27-40-16-22(42(27)14-13-36-26)20-7-8-23(45-2)25(32)24(20)31/h5-8,13-16,21H,3-4,9-12,33H2,1-2H3,(H,36,41)(H,37,43)(H,38,44)(H4,34,35,39). The zero-order valence-corrected chi connectivity index (χ0v) is 24.9. The molecule has 9 N–H and O–H groups in total. The Hall–Kier alpha value is -5.31. The van der Waals surface area contributed by atoms with Crippen LogP contribution in [0, 0.1) is 11.6 Å². The van der Waals surface area contributed by atoms with Crippen LogP contribution in [0.1, 0.15) is 35.7 Å². The van der Waals surface area contributed by atoms with E-state index in [-0.39, 0.29) is 35.6 Å². The lowest BCUT2D eigenvalue weighted by molar-refractivity contribution is -0.122. The SMILES string of the molecule is CCc1cc(Nc2nccn3c(-c4ccc(OC)c(F)c4F)cnc23)ccc1C(=O)NCCCNC(=O)C(N)CCN=C(N)N. The highest BCUT2D eigenvalue weighted by Gasteiger charge is 2.20. The van der Waals surface area contributed by atoms with Gasteiger partial charge in [0.2, 0.25) is 11.7 Å². The number of hydrogen-bond acceptors (Lipinski definition) is 8. The van der Waals surface area contributed by atoms with Crippen LogP contribution in [0.5, 0.6) is 5.75 Å². The molecule has 45 heavy (non-hydrogen) atoms. The van der Waals surface area contributed by atoms with Crippen molar-refractivity contribution < 1.29 is 23.1 Å². The van der Waals surface area contributed by atoms with Crippen LogP contribution in [0.3, 0.4) is 0 Å². The minimum atomic E-state index is -1.09. The molecule has 238 valence electrons. The molecule has 0 fully saturated rings. The number of nitrogens with one attached hydrogen (secondary N) is 3. The molecule has 4 aromatic rings. The summed E-state index contributed by atoms with van der Waals surface area (Å²) in [5, 5.41) is 8.82. The second-order valence-electron chi connectivity index (χ2n) is 10.0. The monoisotopic (exact) mass is 622 g/mol. The van der Waals surface area contributed by atoms with Crippen LogP contribution >= 0.6 is 0 Å². The van der Waals surface area contributed by atoms with Gasteiger partial charge in [-0.15, -0.1) is 0 Å². The number of imidazole rings is 1. The van der Waals surface area contributed by atoms with Crippen LogP contribution in [-0.2, 0) is 11.2 Å². The number of methoxy groups -OCH3 is 1. The molecule has 0 aliphatic heterocycles. The Kier molecular flexibility index (Phi) is 10.8. The first-order valence-electron chi connectivity index (χ1n) is 14.3. The third-order valence-electron chi connectivity index (χ3n) is 6.97. The summed E-state index contributed by atoms with van der Waals surface area (Å²) in [6, 6.07) is 7.33. The van der Waals surface area contributed by atoms with Gasteiger partial charge in [0, 0.05) is 48.8 Å². The number of hydrogen-bond donors (Lipinski definition) is 6. The molecule has 0 radical (unpaired) electrons. The maximum Gasteiger partial charge on any atom is 0.251 e. The molecule has 15 heteroatoms. The number of rotatable bonds is 14. The largest absolute Gasteiger partial charge is 0.494 e. The summed E-state index contributed by atoms with van der Waals surface area (Å²) in [4.78, 5) is 37.6. The Morgan fingerprint density at radius 1 is 1.09 bits per heavy atom. The number of aromatic nitrogens is 3. The van der Waals surface area contributed by atoms with Crippen molar-refractivity contribution in [2.45, 2.75) is 32.2 Å². The molecule has 4 rings (SSSR count). The zero-order chi connectivity index (χ0) is 32.5. The normalized spacial score (nSPS) is 11.6. The van der Waals surface area contributed by atoms with E-state index >= 15 is 0 Å². The van der Waals surface area contributed by atoms with E-state index in [1.807, 2.05) is 13.0 Å². The van der Waals surface area contributed by atoms with Gasteiger partial charge in [-0.05, 0) is 55.2 Å². The number of benzene rings is 2. The van der Waals surface area contributed by atoms with Crippen molar-refractivity contribution in [3.63, 3.8) is 0 Å². The van der Waals surface area contributed by atoms with Gasteiger partial charge in [-0.3, -0.25) is 19.0 Å². The topological polar surface area (TPSA) is 200 Å². The van der Waals surface area contributed by atoms with Crippen LogP contribution in [0.2, 0.25) is 0 Å². The number of ether oxygens (including phenoxy) is 1. The van der Waals surface area contributed by atoms with Gasteiger partial charge in [-0.1, -0.05) is 6.92 Å². The number of carbonyl (C=O) groups is 2. The first-order valence-corrected chi connectivity index (χ1v) is 14.3. The summed E-state index contributed by atoms with van der Waals surface area (Å²) in [5.41, 5.74) is 19.1. The first kappa shape index (κ1) is 32.6. The summed E-state index contributed by atoms with van der Waals surface area (Å²) < 4.78 is 35.7. The van der Waals surface area contributed by atoms with Crippen molar-refractivity contribution >= 4 is 34.9 Å². The molecule has 0 aliphatic carbocycles. The van der Waals surface area contributed by atoms with E-state index in [1.54, 1.807) is 22.7 Å². The fourth-order valence-corrected chi connectivity index (χ4v) is 4.61. The number of halogens is 2. The van der Waals surface area contributed by atoms with Crippen LogP contribution in [-0.4, -0.2) is 64.9 Å². The van der Waals surface area contributed by atoms with Crippen molar-refractivity contribution in [3.8, 4) is 17.0 Å². The number of fused-ring (bicyclic) bond motifs is 1. The third kappa shape index (κ3) is 7.80. The van der Waals surface area contributed by atoms with Crippen molar-refractivity contribution in [1.82, 2.24) is 25.0 Å². The number of aliphatic imine (C=N–C) groups is 1. The Bertz CT molecular complexity index is 1710. The molecule has 2 heterocycles. The van der Waals surface area contributed by atoms with Crippen LogP contribution in [0.4, 0.5) is 20.3 Å². The Labute approximate surface area is 258 Å². The quantitative estimate of drug-likeness (QED) is 0.0693. The fraction of sp³-hybridized carbons (Fsp3) is 0.300. The molecular formula is C30H36F2N10O3. The lowest BCUT2D eigenvalue weighted by atomic mass is 10.0. The first-order chi connectivity index (χ1) is 21.6. The molecule has 2 aromatic heterocycles. The number of anilines is 2. The van der Waals surface area contributed by atoms with Gasteiger partial charge in [0.1, 0.15) is 0 Å². The summed E-state index contributed by atoms with van der Waals surface area (Å²) in [6.45, 7) is 2.88. The van der Waals surface area contributed by atoms with Gasteiger partial charge in [0.25, 0.3) is 5.91 Å². The van der Waals surface area contributed by atoms with Crippen LogP contribution in [0.15, 0.2) is 53.9 Å². The number of nitrogens with two attached hydrogens (primary N) is 3. The summed E-state index contributed by atoms with van der Waals surface area (Å²) in [5.74, 6) is -2.56. The number of carbonyl (C=O) groups excluding carboxylic acids is 2. The average Bonchev–Trinajstić information content (AvgIpc) is 3.46. The Morgan fingerprint density at radius 2 is 1.87 bits per heavy atom. The van der Waals surface area contributed by atoms with E-state index < -0.39 is 17.7 Å². The molecule has 2 aromatic carbocycles. The maximum absolute atomic E-state index is 14.8. The summed E-state index contributed by atoms with van der Waals surface area (Å²) in [7, 11) is 1.27. The lowest BCUT2D eigenvalue weighted by Crippen LogP contribution is -2.42. The van der Waals surface area contributed by atoms with E-state index in [9.17, 15) is 18.4 Å². The van der Waals surface area contributed by atoms with E-state index in [0.717, 1.165) is 5.56 Å². The Morgan fingerprint density at radius 3 is 2.60 bits per heavy atom. The minimum absolute atomic E-state index is 0.0204. The van der Waals surface area contributed by atoms with Gasteiger partial charge in [0.05, 0.1) is 25.0 Å². The van der Waals surface area contributed by atoms with E-state index in [2.05, 4.69) is 30.9 Å². The zero-order valence-electron chi connectivity index (χ0n) is 24.9. The average molecular weight is 623 g/mol. The third-order valence-corrected chi connectivity index (χ3v) is 6.97. The molecular weight excluding hydrogens is 586 g/mol. The second-order valence-corrected chi connectivity index (χ2v) is 10.0. The second kappa shape index (κ2) is 14.9. The molecule has 1 unspecified atom stereocenters. The number of aryl methyl sites for hydroxylation is 1. The molecule has 0 spiro atoms. The van der Waals surface area contributed by atoms with Gasteiger partial charge in [0.15, 0.2) is 29.0 Å². The van der Waals surface area contributed by atoms with Gasteiger partial charge in [-0.2, -0.15) is 4.39 Å². The lowest BCUT2D eigenvalue weighted by Gasteiger charge is -2.13. The molecule has 13 nitrogen and oxygen atoms in total. The van der Waals surface area contributed by atoms with E-state index in [4.69, 9.17) is 21.9 Å². The Balaban J connectivity index is 1.37. The van der Waals surface area contributed by atoms with E-state index in [0.29, 0.717) is 60.8 Å². The highest BCUT2D eigenvalue weighted by atomic mass is 19.2.